The maximum Gasteiger partial charge on any atom is 0.238 e. The normalized spacial score (nSPS) is 10.7. The van der Waals surface area contributed by atoms with Crippen molar-refractivity contribution >= 4 is 23.2 Å². The van der Waals surface area contributed by atoms with E-state index in [-0.39, 0.29) is 5.88 Å². The second-order valence-corrected chi connectivity index (χ2v) is 5.54. The molecule has 3 rings (SSSR count). The lowest BCUT2D eigenvalue weighted by molar-refractivity contribution is 0.415. The summed E-state index contributed by atoms with van der Waals surface area (Å²) < 4.78 is 6.66. The first-order valence-electron chi connectivity index (χ1n) is 6.46. The summed E-state index contributed by atoms with van der Waals surface area (Å²) in [6.45, 7) is 0. The first-order valence-corrected chi connectivity index (χ1v) is 7.22. The van der Waals surface area contributed by atoms with Gasteiger partial charge in [0, 0.05) is 16.2 Å². The van der Waals surface area contributed by atoms with Crippen LogP contribution in [0, 0.1) is 0 Å². The third-order valence-electron chi connectivity index (χ3n) is 3.21. The van der Waals surface area contributed by atoms with Crippen molar-refractivity contribution in [2.45, 2.75) is 0 Å². The van der Waals surface area contributed by atoms with E-state index in [2.05, 4.69) is 5.10 Å². The molecule has 1 aromatic heterocycles. The van der Waals surface area contributed by atoms with Crippen LogP contribution < -0.4 is 4.74 Å². The standard InChI is InChI=1S/C16H12Cl2N2O2/c1-22-14-4-2-10(3-5-14)15-9-20(19-16(15)21)13-7-11(17)6-12(18)8-13/h2-9H,1H3,(H,19,21). The molecule has 0 saturated heterocycles. The van der Waals surface area contributed by atoms with Crippen LogP contribution in [0.25, 0.3) is 16.8 Å². The van der Waals surface area contributed by atoms with Gasteiger partial charge < -0.3 is 9.84 Å². The fraction of sp³-hybridized carbons (Fsp3) is 0.0625. The van der Waals surface area contributed by atoms with Crippen LogP contribution in [0.2, 0.25) is 10.0 Å². The van der Waals surface area contributed by atoms with Gasteiger partial charge in [-0.3, -0.25) is 0 Å². The Morgan fingerprint density at radius 1 is 1.05 bits per heavy atom. The molecule has 4 nitrogen and oxygen atoms in total. The van der Waals surface area contributed by atoms with Crippen LogP contribution in [0.3, 0.4) is 0 Å². The molecule has 112 valence electrons. The Hall–Kier alpha value is -2.17. The Bertz CT molecular complexity index is 793. The number of halogens is 2. The molecule has 1 N–H and O–H groups in total. The number of ether oxygens (including phenoxy) is 1. The van der Waals surface area contributed by atoms with Gasteiger partial charge in [0.2, 0.25) is 5.88 Å². The van der Waals surface area contributed by atoms with Crippen molar-refractivity contribution in [2.75, 3.05) is 7.11 Å². The van der Waals surface area contributed by atoms with Crippen molar-refractivity contribution in [3.8, 4) is 28.4 Å². The number of hydrogen-bond donors (Lipinski definition) is 1. The van der Waals surface area contributed by atoms with Gasteiger partial charge in [0.25, 0.3) is 0 Å². The molecular weight excluding hydrogens is 323 g/mol. The summed E-state index contributed by atoms with van der Waals surface area (Å²) in [4.78, 5) is 0. The monoisotopic (exact) mass is 334 g/mol. The molecule has 2 aromatic carbocycles. The molecule has 1 heterocycles. The number of nitrogens with zero attached hydrogens (tertiary/aromatic N) is 2. The predicted molar refractivity (Wildman–Crippen MR) is 87.2 cm³/mol. The Morgan fingerprint density at radius 2 is 1.68 bits per heavy atom. The second-order valence-electron chi connectivity index (χ2n) is 4.67. The minimum Gasteiger partial charge on any atom is -0.497 e. The summed E-state index contributed by atoms with van der Waals surface area (Å²) >= 11 is 12.0. The van der Waals surface area contributed by atoms with Gasteiger partial charge in [0.1, 0.15) is 5.75 Å². The van der Waals surface area contributed by atoms with Crippen molar-refractivity contribution < 1.29 is 9.84 Å². The van der Waals surface area contributed by atoms with Gasteiger partial charge in [-0.25, -0.2) is 4.68 Å². The molecule has 0 atom stereocenters. The lowest BCUT2D eigenvalue weighted by Crippen LogP contribution is -1.93. The maximum absolute atomic E-state index is 10.1. The Labute approximate surface area is 137 Å². The van der Waals surface area contributed by atoms with Crippen molar-refractivity contribution in [3.05, 3.63) is 58.7 Å². The molecule has 0 aliphatic heterocycles. The van der Waals surface area contributed by atoms with Crippen LogP contribution >= 0.6 is 23.2 Å². The topological polar surface area (TPSA) is 47.3 Å². The van der Waals surface area contributed by atoms with Gasteiger partial charge in [-0.2, -0.15) is 0 Å². The third-order valence-corrected chi connectivity index (χ3v) is 3.64. The average Bonchev–Trinajstić information content (AvgIpc) is 2.88. The number of aromatic nitrogens is 2. The van der Waals surface area contributed by atoms with Crippen LogP contribution in [0.5, 0.6) is 11.6 Å². The molecule has 0 fully saturated rings. The number of rotatable bonds is 3. The molecule has 0 radical (unpaired) electrons. The first kappa shape index (κ1) is 14.8. The molecule has 0 unspecified atom stereocenters. The third kappa shape index (κ3) is 2.89. The van der Waals surface area contributed by atoms with Gasteiger partial charge in [0.15, 0.2) is 0 Å². The summed E-state index contributed by atoms with van der Waals surface area (Å²) in [7, 11) is 1.60. The summed E-state index contributed by atoms with van der Waals surface area (Å²) in [6.07, 6.45) is 1.72. The maximum atomic E-state index is 10.1. The van der Waals surface area contributed by atoms with E-state index in [0.29, 0.717) is 21.3 Å². The van der Waals surface area contributed by atoms with Crippen LogP contribution in [0.1, 0.15) is 0 Å². The lowest BCUT2D eigenvalue weighted by atomic mass is 10.1. The van der Waals surface area contributed by atoms with Crippen LogP contribution in [0.15, 0.2) is 48.7 Å². The predicted octanol–water partition coefficient (Wildman–Crippen LogP) is 4.56. The highest BCUT2D eigenvalue weighted by Crippen LogP contribution is 2.31. The molecular formula is C16H12Cl2N2O2. The van der Waals surface area contributed by atoms with Gasteiger partial charge in [-0.15, -0.1) is 5.10 Å². The summed E-state index contributed by atoms with van der Waals surface area (Å²) in [5.74, 6) is 0.679. The van der Waals surface area contributed by atoms with E-state index < -0.39 is 0 Å². The zero-order valence-corrected chi connectivity index (χ0v) is 13.1. The van der Waals surface area contributed by atoms with Gasteiger partial charge in [-0.05, 0) is 35.9 Å². The minimum absolute atomic E-state index is 0.0683. The molecule has 0 saturated carbocycles. The van der Waals surface area contributed by atoms with E-state index in [1.54, 1.807) is 31.5 Å². The fourth-order valence-electron chi connectivity index (χ4n) is 2.14. The van der Waals surface area contributed by atoms with E-state index in [1.165, 1.54) is 4.68 Å². The summed E-state index contributed by atoms with van der Waals surface area (Å²) in [5, 5.41) is 15.2. The smallest absolute Gasteiger partial charge is 0.238 e. The zero-order valence-electron chi connectivity index (χ0n) is 11.6. The second kappa shape index (κ2) is 5.91. The van der Waals surface area contributed by atoms with Crippen molar-refractivity contribution in [2.24, 2.45) is 0 Å². The summed E-state index contributed by atoms with van der Waals surface area (Å²) in [6, 6.07) is 12.4. The molecule has 3 aromatic rings. The number of methoxy groups -OCH3 is 1. The Balaban J connectivity index is 2.02. The van der Waals surface area contributed by atoms with Crippen LogP contribution in [-0.4, -0.2) is 22.0 Å². The fourth-order valence-corrected chi connectivity index (χ4v) is 2.66. The van der Waals surface area contributed by atoms with E-state index in [4.69, 9.17) is 27.9 Å². The minimum atomic E-state index is -0.0683. The van der Waals surface area contributed by atoms with Gasteiger partial charge in [-0.1, -0.05) is 35.3 Å². The average molecular weight is 335 g/mol. The van der Waals surface area contributed by atoms with E-state index >= 15 is 0 Å². The van der Waals surface area contributed by atoms with Crippen molar-refractivity contribution in [1.82, 2.24) is 9.78 Å². The largest absolute Gasteiger partial charge is 0.497 e. The van der Waals surface area contributed by atoms with Crippen molar-refractivity contribution in [1.29, 1.82) is 0 Å². The highest BCUT2D eigenvalue weighted by molar-refractivity contribution is 6.34. The number of hydrogen-bond acceptors (Lipinski definition) is 3. The molecule has 0 bridgehead atoms. The number of aromatic hydroxyl groups is 1. The number of benzene rings is 2. The van der Waals surface area contributed by atoms with E-state index in [9.17, 15) is 5.11 Å². The first-order chi connectivity index (χ1) is 10.6. The highest BCUT2D eigenvalue weighted by Gasteiger charge is 2.12. The molecule has 6 heteroatoms. The molecule has 22 heavy (non-hydrogen) atoms. The quantitative estimate of drug-likeness (QED) is 0.763. The molecule has 0 aliphatic carbocycles. The zero-order chi connectivity index (χ0) is 15.7. The van der Waals surface area contributed by atoms with Crippen LogP contribution in [-0.2, 0) is 0 Å². The van der Waals surface area contributed by atoms with Crippen molar-refractivity contribution in [3.63, 3.8) is 0 Å². The molecule has 0 spiro atoms. The SMILES string of the molecule is COc1ccc(-c2cn(-c3cc(Cl)cc(Cl)c3)nc2O)cc1. The van der Waals surface area contributed by atoms with Crippen LogP contribution in [0.4, 0.5) is 0 Å². The summed E-state index contributed by atoms with van der Waals surface area (Å²) in [5.41, 5.74) is 2.11. The highest BCUT2D eigenvalue weighted by atomic mass is 35.5. The molecule has 0 aliphatic rings. The van der Waals surface area contributed by atoms with Gasteiger partial charge in [0.05, 0.1) is 18.4 Å². The Morgan fingerprint density at radius 3 is 2.27 bits per heavy atom. The van der Waals surface area contributed by atoms with E-state index in [0.717, 1.165) is 11.3 Å². The van der Waals surface area contributed by atoms with Gasteiger partial charge >= 0.3 is 0 Å². The Kier molecular flexibility index (Phi) is 3.96. The molecule has 0 amide bonds. The van der Waals surface area contributed by atoms with E-state index in [1.807, 2.05) is 24.3 Å². The lowest BCUT2D eigenvalue weighted by Gasteiger charge is -2.03.